The first-order chi connectivity index (χ1) is 12.9. The summed E-state index contributed by atoms with van der Waals surface area (Å²) in [6, 6.07) is 7.11. The van der Waals surface area contributed by atoms with Crippen LogP contribution >= 0.6 is 11.6 Å². The van der Waals surface area contributed by atoms with E-state index in [-0.39, 0.29) is 18.9 Å². The van der Waals surface area contributed by atoms with E-state index < -0.39 is 6.10 Å². The monoisotopic (exact) mass is 393 g/mol. The molecule has 7 nitrogen and oxygen atoms in total. The molecule has 0 aliphatic heterocycles. The van der Waals surface area contributed by atoms with Crippen LogP contribution in [-0.4, -0.2) is 28.8 Å². The number of nitrogens with zero attached hydrogens (tertiary/aromatic N) is 1. The molecule has 2 aromatic rings. The lowest BCUT2D eigenvalue weighted by Gasteiger charge is -2.14. The fourth-order valence-corrected chi connectivity index (χ4v) is 2.44. The molecule has 3 N–H and O–H groups in total. The van der Waals surface area contributed by atoms with E-state index >= 15 is 0 Å². The number of aromatic nitrogens is 1. The zero-order valence-electron chi connectivity index (χ0n) is 15.6. The molecule has 1 unspecified atom stereocenters. The standard InChI is InChI=1S/C19H24ClN3O4/c1-4-14(10-21-19(25)8-13(3)24)22-15-5-6-17(20)18(9-15)26-11-16-7-12(2)23-27-16/h4-7,9,13,22,24H,8,10-11H2,1-3H3,(H,21,25)/b14-4-. The van der Waals surface area contributed by atoms with E-state index in [2.05, 4.69) is 15.8 Å². The quantitative estimate of drug-likeness (QED) is 0.604. The van der Waals surface area contributed by atoms with Crippen molar-refractivity contribution in [3.8, 4) is 5.75 Å². The van der Waals surface area contributed by atoms with Gasteiger partial charge in [-0.25, -0.2) is 0 Å². The lowest BCUT2D eigenvalue weighted by atomic mass is 10.2. The number of halogens is 1. The number of aliphatic hydroxyl groups excluding tert-OH is 1. The van der Waals surface area contributed by atoms with E-state index in [1.165, 1.54) is 0 Å². The van der Waals surface area contributed by atoms with Crippen molar-refractivity contribution in [1.29, 1.82) is 0 Å². The van der Waals surface area contributed by atoms with E-state index in [0.717, 1.165) is 17.1 Å². The van der Waals surface area contributed by atoms with Gasteiger partial charge >= 0.3 is 0 Å². The Hall–Kier alpha value is -2.51. The van der Waals surface area contributed by atoms with Gasteiger partial charge < -0.3 is 25.0 Å². The molecule has 1 aromatic carbocycles. The topological polar surface area (TPSA) is 96.6 Å². The van der Waals surface area contributed by atoms with Crippen LogP contribution in [0, 0.1) is 6.92 Å². The number of hydrogen-bond donors (Lipinski definition) is 3. The summed E-state index contributed by atoms with van der Waals surface area (Å²) in [7, 11) is 0. The fourth-order valence-electron chi connectivity index (χ4n) is 2.26. The lowest BCUT2D eigenvalue weighted by molar-refractivity contribution is -0.122. The zero-order chi connectivity index (χ0) is 19.8. The molecule has 1 amide bonds. The number of aliphatic hydroxyl groups is 1. The summed E-state index contributed by atoms with van der Waals surface area (Å²) in [6.07, 6.45) is 1.25. The van der Waals surface area contributed by atoms with Crippen molar-refractivity contribution in [3.63, 3.8) is 0 Å². The van der Waals surface area contributed by atoms with Gasteiger partial charge in [0.05, 0.1) is 29.8 Å². The number of rotatable bonds is 9. The normalized spacial score (nSPS) is 12.6. The van der Waals surface area contributed by atoms with Crippen LogP contribution in [0.1, 0.15) is 31.7 Å². The van der Waals surface area contributed by atoms with E-state index in [4.69, 9.17) is 20.9 Å². The summed E-state index contributed by atoms with van der Waals surface area (Å²) in [4.78, 5) is 11.7. The van der Waals surface area contributed by atoms with Gasteiger partial charge in [-0.3, -0.25) is 4.79 Å². The highest BCUT2D eigenvalue weighted by Crippen LogP contribution is 2.29. The Morgan fingerprint density at radius 1 is 1.44 bits per heavy atom. The van der Waals surface area contributed by atoms with Crippen molar-refractivity contribution in [2.75, 3.05) is 11.9 Å². The molecule has 2 rings (SSSR count). The van der Waals surface area contributed by atoms with Gasteiger partial charge in [0, 0.05) is 23.5 Å². The van der Waals surface area contributed by atoms with Crippen molar-refractivity contribution >= 4 is 23.2 Å². The van der Waals surface area contributed by atoms with Gasteiger partial charge in [-0.15, -0.1) is 0 Å². The number of ether oxygens (including phenoxy) is 1. The van der Waals surface area contributed by atoms with Crippen LogP contribution in [-0.2, 0) is 11.4 Å². The summed E-state index contributed by atoms with van der Waals surface area (Å²) in [5, 5.41) is 19.5. The Labute approximate surface area is 163 Å². The zero-order valence-corrected chi connectivity index (χ0v) is 16.3. The molecule has 0 aliphatic rings. The highest BCUT2D eigenvalue weighted by Gasteiger charge is 2.09. The molecule has 0 bridgehead atoms. The highest BCUT2D eigenvalue weighted by molar-refractivity contribution is 6.32. The Morgan fingerprint density at radius 2 is 2.22 bits per heavy atom. The lowest BCUT2D eigenvalue weighted by Crippen LogP contribution is -2.29. The molecule has 0 spiro atoms. The minimum Gasteiger partial charge on any atom is -0.484 e. The van der Waals surface area contributed by atoms with Crippen LogP contribution in [0.5, 0.6) is 5.75 Å². The van der Waals surface area contributed by atoms with Gasteiger partial charge in [0.2, 0.25) is 5.91 Å². The Balaban J connectivity index is 1.95. The smallest absolute Gasteiger partial charge is 0.222 e. The number of carbonyl (C=O) groups excluding carboxylic acids is 1. The van der Waals surface area contributed by atoms with E-state index in [1.54, 1.807) is 25.1 Å². The number of amides is 1. The molecule has 146 valence electrons. The van der Waals surface area contributed by atoms with E-state index in [0.29, 0.717) is 23.1 Å². The number of anilines is 1. The van der Waals surface area contributed by atoms with Crippen molar-refractivity contribution in [1.82, 2.24) is 10.5 Å². The second kappa shape index (κ2) is 9.99. The van der Waals surface area contributed by atoms with Gasteiger partial charge in [-0.1, -0.05) is 22.8 Å². The van der Waals surface area contributed by atoms with Crippen LogP contribution in [0.15, 0.2) is 40.6 Å². The van der Waals surface area contributed by atoms with Crippen molar-refractivity contribution in [3.05, 3.63) is 52.5 Å². The second-order valence-electron chi connectivity index (χ2n) is 6.14. The minimum atomic E-state index is -0.670. The first kappa shape index (κ1) is 20.8. The van der Waals surface area contributed by atoms with Gasteiger partial charge in [0.1, 0.15) is 12.4 Å². The number of allylic oxidation sites excluding steroid dienone is 1. The largest absolute Gasteiger partial charge is 0.484 e. The Bertz CT molecular complexity index is 802. The molecule has 0 fully saturated rings. The predicted octanol–water partition coefficient (Wildman–Crippen LogP) is 3.42. The van der Waals surface area contributed by atoms with Crippen molar-refractivity contribution in [2.24, 2.45) is 0 Å². The molecular weight excluding hydrogens is 370 g/mol. The molecule has 0 saturated heterocycles. The first-order valence-electron chi connectivity index (χ1n) is 8.59. The highest BCUT2D eigenvalue weighted by atomic mass is 35.5. The third-order valence-corrected chi connectivity index (χ3v) is 3.90. The van der Waals surface area contributed by atoms with Gasteiger partial charge in [0.25, 0.3) is 0 Å². The van der Waals surface area contributed by atoms with Crippen LogP contribution in [0.2, 0.25) is 5.02 Å². The van der Waals surface area contributed by atoms with Crippen LogP contribution in [0.3, 0.4) is 0 Å². The summed E-state index contributed by atoms with van der Waals surface area (Å²) in [6.45, 7) is 5.81. The minimum absolute atomic E-state index is 0.0665. The maximum atomic E-state index is 11.7. The molecule has 27 heavy (non-hydrogen) atoms. The molecule has 1 heterocycles. The summed E-state index contributed by atoms with van der Waals surface area (Å²) in [5.41, 5.74) is 2.35. The first-order valence-corrected chi connectivity index (χ1v) is 8.96. The van der Waals surface area contributed by atoms with Crippen LogP contribution in [0.4, 0.5) is 5.69 Å². The number of hydrogen-bond acceptors (Lipinski definition) is 6. The molecule has 0 radical (unpaired) electrons. The third kappa shape index (κ3) is 6.96. The summed E-state index contributed by atoms with van der Waals surface area (Å²) >= 11 is 6.19. The van der Waals surface area contributed by atoms with Crippen molar-refractivity contribution < 1.29 is 19.2 Å². The van der Waals surface area contributed by atoms with Crippen LogP contribution in [0.25, 0.3) is 0 Å². The van der Waals surface area contributed by atoms with E-state index in [1.807, 2.05) is 26.0 Å². The summed E-state index contributed by atoms with van der Waals surface area (Å²) < 4.78 is 10.8. The fraction of sp³-hybridized carbons (Fsp3) is 0.368. The van der Waals surface area contributed by atoms with Gasteiger partial charge in [0.15, 0.2) is 5.76 Å². The predicted molar refractivity (Wildman–Crippen MR) is 104 cm³/mol. The van der Waals surface area contributed by atoms with Gasteiger partial charge in [-0.05, 0) is 32.9 Å². The molecular formula is C19H24ClN3O4. The number of benzene rings is 1. The Morgan fingerprint density at radius 3 is 2.85 bits per heavy atom. The van der Waals surface area contributed by atoms with Gasteiger partial charge in [-0.2, -0.15) is 0 Å². The molecule has 1 atom stereocenters. The number of aryl methyl sites for hydroxylation is 1. The number of nitrogens with one attached hydrogen (secondary N) is 2. The maximum absolute atomic E-state index is 11.7. The second-order valence-corrected chi connectivity index (χ2v) is 6.54. The van der Waals surface area contributed by atoms with Crippen molar-refractivity contribution in [2.45, 2.75) is 39.9 Å². The van der Waals surface area contributed by atoms with E-state index in [9.17, 15) is 9.90 Å². The third-order valence-electron chi connectivity index (χ3n) is 3.59. The molecule has 0 aliphatic carbocycles. The molecule has 0 saturated carbocycles. The molecule has 1 aromatic heterocycles. The van der Waals surface area contributed by atoms with Crippen LogP contribution < -0.4 is 15.4 Å². The Kier molecular flexibility index (Phi) is 7.69. The number of carbonyl (C=O) groups is 1. The SMILES string of the molecule is C/C=C(/CNC(=O)CC(C)O)Nc1ccc(Cl)c(OCc2cc(C)no2)c1. The maximum Gasteiger partial charge on any atom is 0.222 e. The average molecular weight is 394 g/mol. The summed E-state index contributed by atoms with van der Waals surface area (Å²) in [5.74, 6) is 0.898. The molecule has 8 heteroatoms. The average Bonchev–Trinajstić information content (AvgIpc) is 3.03.